The third-order valence-electron chi connectivity index (χ3n) is 1.48. The SMILES string of the molecule is Sc1sc(-c2cccnc2)nc1Cl. The molecule has 13 heavy (non-hydrogen) atoms. The van der Waals surface area contributed by atoms with E-state index in [-0.39, 0.29) is 0 Å². The van der Waals surface area contributed by atoms with Gasteiger partial charge in [0.15, 0.2) is 5.15 Å². The maximum atomic E-state index is 5.78. The first kappa shape index (κ1) is 8.99. The minimum atomic E-state index is 0.451. The van der Waals surface area contributed by atoms with Gasteiger partial charge >= 0.3 is 0 Å². The van der Waals surface area contributed by atoms with Gasteiger partial charge in [0.25, 0.3) is 0 Å². The summed E-state index contributed by atoms with van der Waals surface area (Å²) in [7, 11) is 0. The van der Waals surface area contributed by atoms with Crippen LogP contribution < -0.4 is 0 Å². The lowest BCUT2D eigenvalue weighted by atomic mass is 10.3. The van der Waals surface area contributed by atoms with Gasteiger partial charge in [-0.1, -0.05) is 11.6 Å². The summed E-state index contributed by atoms with van der Waals surface area (Å²) in [6, 6.07) is 3.80. The van der Waals surface area contributed by atoms with E-state index in [0.717, 1.165) is 14.8 Å². The highest BCUT2D eigenvalue weighted by Crippen LogP contribution is 2.32. The molecule has 2 rings (SSSR count). The lowest BCUT2D eigenvalue weighted by Crippen LogP contribution is -1.76. The summed E-state index contributed by atoms with van der Waals surface area (Å²) < 4.78 is 0.737. The van der Waals surface area contributed by atoms with E-state index in [4.69, 9.17) is 11.6 Å². The molecule has 0 amide bonds. The first-order valence-corrected chi connectivity index (χ1v) is 5.17. The van der Waals surface area contributed by atoms with Gasteiger partial charge < -0.3 is 0 Å². The fourth-order valence-corrected chi connectivity index (χ4v) is 2.15. The Labute approximate surface area is 90.0 Å². The number of nitrogens with zero attached hydrogens (tertiary/aromatic N) is 2. The van der Waals surface area contributed by atoms with Crippen LogP contribution in [0.3, 0.4) is 0 Å². The number of halogens is 1. The lowest BCUT2D eigenvalue weighted by molar-refractivity contribution is 1.31. The predicted molar refractivity (Wildman–Crippen MR) is 57.6 cm³/mol. The van der Waals surface area contributed by atoms with E-state index in [1.807, 2.05) is 12.1 Å². The maximum absolute atomic E-state index is 5.78. The van der Waals surface area contributed by atoms with Gasteiger partial charge in [-0.2, -0.15) is 0 Å². The van der Waals surface area contributed by atoms with Crippen molar-refractivity contribution < 1.29 is 0 Å². The van der Waals surface area contributed by atoms with Crippen LogP contribution in [-0.2, 0) is 0 Å². The second kappa shape index (κ2) is 3.65. The Kier molecular flexibility index (Phi) is 2.53. The minimum absolute atomic E-state index is 0.451. The van der Waals surface area contributed by atoms with E-state index >= 15 is 0 Å². The van der Waals surface area contributed by atoms with Gasteiger partial charge in [-0.15, -0.1) is 24.0 Å². The van der Waals surface area contributed by atoms with Crippen molar-refractivity contribution in [1.29, 1.82) is 0 Å². The molecule has 0 saturated carbocycles. The zero-order valence-electron chi connectivity index (χ0n) is 6.44. The van der Waals surface area contributed by atoms with Crippen LogP contribution in [0.1, 0.15) is 0 Å². The molecule has 0 spiro atoms. The Bertz CT molecular complexity index is 394. The van der Waals surface area contributed by atoms with Crippen LogP contribution in [0.5, 0.6) is 0 Å². The molecule has 0 N–H and O–H groups in total. The fourth-order valence-electron chi connectivity index (χ4n) is 0.906. The predicted octanol–water partition coefficient (Wildman–Crippen LogP) is 3.15. The van der Waals surface area contributed by atoms with Crippen molar-refractivity contribution in [3.8, 4) is 10.6 Å². The number of aromatic nitrogens is 2. The van der Waals surface area contributed by atoms with Gasteiger partial charge in [0.2, 0.25) is 0 Å². The van der Waals surface area contributed by atoms with Gasteiger partial charge in [-0.05, 0) is 12.1 Å². The van der Waals surface area contributed by atoms with Crippen LogP contribution in [0, 0.1) is 0 Å². The Hall–Kier alpha value is -0.580. The number of hydrogen-bond donors (Lipinski definition) is 1. The monoisotopic (exact) mass is 228 g/mol. The van der Waals surface area contributed by atoms with Gasteiger partial charge in [0.05, 0.1) is 4.21 Å². The molecule has 0 aliphatic heterocycles. The molecule has 0 unspecified atom stereocenters. The molecule has 0 atom stereocenters. The third-order valence-corrected chi connectivity index (χ3v) is 3.39. The molecule has 2 aromatic rings. The van der Waals surface area contributed by atoms with Crippen molar-refractivity contribution in [2.45, 2.75) is 4.21 Å². The fraction of sp³-hybridized carbons (Fsp3) is 0. The molecule has 2 nitrogen and oxygen atoms in total. The Morgan fingerprint density at radius 2 is 2.31 bits per heavy atom. The average molecular weight is 229 g/mol. The molecule has 0 saturated heterocycles. The lowest BCUT2D eigenvalue weighted by Gasteiger charge is -1.91. The Morgan fingerprint density at radius 1 is 1.46 bits per heavy atom. The summed E-state index contributed by atoms with van der Waals surface area (Å²) >= 11 is 11.4. The summed E-state index contributed by atoms with van der Waals surface area (Å²) in [5, 5.41) is 1.30. The Morgan fingerprint density at radius 3 is 2.85 bits per heavy atom. The molecule has 5 heteroatoms. The summed E-state index contributed by atoms with van der Waals surface area (Å²) in [4.78, 5) is 8.15. The molecule has 66 valence electrons. The first-order chi connectivity index (χ1) is 6.27. The second-order valence-electron chi connectivity index (χ2n) is 2.36. The molecule has 0 aliphatic rings. The van der Waals surface area contributed by atoms with Crippen molar-refractivity contribution in [3.05, 3.63) is 29.7 Å². The van der Waals surface area contributed by atoms with Crippen LogP contribution in [-0.4, -0.2) is 9.97 Å². The van der Waals surface area contributed by atoms with Crippen molar-refractivity contribution in [2.75, 3.05) is 0 Å². The Balaban J connectivity index is 2.48. The summed E-state index contributed by atoms with van der Waals surface area (Å²) in [5.41, 5.74) is 0.967. The average Bonchev–Trinajstić information content (AvgIpc) is 2.49. The van der Waals surface area contributed by atoms with E-state index in [0.29, 0.717) is 5.15 Å². The smallest absolute Gasteiger partial charge is 0.154 e. The zero-order valence-corrected chi connectivity index (χ0v) is 8.90. The van der Waals surface area contributed by atoms with Crippen LogP contribution >= 0.6 is 35.6 Å². The van der Waals surface area contributed by atoms with E-state index in [9.17, 15) is 0 Å². The molecule has 2 heterocycles. The normalized spacial score (nSPS) is 10.3. The van der Waals surface area contributed by atoms with Crippen LogP contribution in [0.2, 0.25) is 5.15 Å². The second-order valence-corrected chi connectivity index (χ2v) is 4.46. The van der Waals surface area contributed by atoms with E-state index in [2.05, 4.69) is 22.6 Å². The van der Waals surface area contributed by atoms with Crippen molar-refractivity contribution in [3.63, 3.8) is 0 Å². The molecular weight excluding hydrogens is 224 g/mol. The van der Waals surface area contributed by atoms with Crippen molar-refractivity contribution in [1.82, 2.24) is 9.97 Å². The molecule has 0 aliphatic carbocycles. The van der Waals surface area contributed by atoms with Crippen LogP contribution in [0.4, 0.5) is 0 Å². The molecular formula is C8H5ClN2S2. The zero-order chi connectivity index (χ0) is 9.26. The van der Waals surface area contributed by atoms with Gasteiger partial charge in [0, 0.05) is 18.0 Å². The van der Waals surface area contributed by atoms with Gasteiger partial charge in [-0.25, -0.2) is 4.98 Å². The van der Waals surface area contributed by atoms with E-state index in [1.54, 1.807) is 12.4 Å². The van der Waals surface area contributed by atoms with E-state index < -0.39 is 0 Å². The topological polar surface area (TPSA) is 25.8 Å². The summed E-state index contributed by atoms with van der Waals surface area (Å²) in [6.07, 6.45) is 3.47. The third kappa shape index (κ3) is 1.85. The number of pyridine rings is 1. The van der Waals surface area contributed by atoms with Crippen molar-refractivity contribution in [2.24, 2.45) is 0 Å². The van der Waals surface area contributed by atoms with E-state index in [1.165, 1.54) is 11.3 Å². The maximum Gasteiger partial charge on any atom is 0.154 e. The highest BCUT2D eigenvalue weighted by Gasteiger charge is 2.07. The summed E-state index contributed by atoms with van der Waals surface area (Å²) in [6.45, 7) is 0. The summed E-state index contributed by atoms with van der Waals surface area (Å²) in [5.74, 6) is 0. The number of rotatable bonds is 1. The highest BCUT2D eigenvalue weighted by molar-refractivity contribution is 7.83. The van der Waals surface area contributed by atoms with Crippen molar-refractivity contribution >= 4 is 35.6 Å². The molecule has 0 fully saturated rings. The highest BCUT2D eigenvalue weighted by atomic mass is 35.5. The number of thiazole rings is 1. The quantitative estimate of drug-likeness (QED) is 0.759. The van der Waals surface area contributed by atoms with Crippen LogP contribution in [0.25, 0.3) is 10.6 Å². The molecule has 0 bridgehead atoms. The minimum Gasteiger partial charge on any atom is -0.264 e. The van der Waals surface area contributed by atoms with Gasteiger partial charge in [-0.3, -0.25) is 4.98 Å². The molecule has 0 aromatic carbocycles. The largest absolute Gasteiger partial charge is 0.264 e. The molecule has 2 aromatic heterocycles. The number of hydrogen-bond acceptors (Lipinski definition) is 4. The van der Waals surface area contributed by atoms with Gasteiger partial charge in [0.1, 0.15) is 5.01 Å². The molecule has 0 radical (unpaired) electrons. The number of thiol groups is 1. The standard InChI is InChI=1S/C8H5ClN2S2/c9-6-8(12)13-7(11-6)5-2-1-3-10-4-5/h1-4,12H. The first-order valence-electron chi connectivity index (χ1n) is 3.53. The van der Waals surface area contributed by atoms with Crippen LogP contribution in [0.15, 0.2) is 28.7 Å².